The number of amides is 1. The second-order valence-electron chi connectivity index (χ2n) is 3.78. The van der Waals surface area contributed by atoms with Crippen LogP contribution in [0.2, 0.25) is 0 Å². The monoisotopic (exact) mass is 311 g/mol. The molecule has 0 aliphatic rings. The predicted octanol–water partition coefficient (Wildman–Crippen LogP) is 2.98. The van der Waals surface area contributed by atoms with Crippen LogP contribution in [0.5, 0.6) is 0 Å². The Bertz CT molecular complexity index is 556. The quantitative estimate of drug-likeness (QED) is 0.947. The SMILES string of the molecule is CC(C(=O)Nc1ccc(Br)c(F)c1)n1cccn1. The van der Waals surface area contributed by atoms with E-state index in [1.54, 1.807) is 37.5 Å². The highest BCUT2D eigenvalue weighted by Crippen LogP contribution is 2.20. The molecule has 0 saturated carbocycles. The fourth-order valence-electron chi connectivity index (χ4n) is 1.45. The third-order valence-electron chi connectivity index (χ3n) is 2.49. The number of anilines is 1. The van der Waals surface area contributed by atoms with Crippen LogP contribution in [0.3, 0.4) is 0 Å². The lowest BCUT2D eigenvalue weighted by atomic mass is 10.2. The minimum Gasteiger partial charge on any atom is -0.324 e. The second kappa shape index (κ2) is 5.30. The molecule has 1 unspecified atom stereocenters. The van der Waals surface area contributed by atoms with Crippen molar-refractivity contribution < 1.29 is 9.18 Å². The standard InChI is InChI=1S/C12H11BrFN3O/c1-8(17-6-2-5-15-17)12(18)16-9-3-4-10(13)11(14)7-9/h2-8H,1H3,(H,16,18). The molecule has 2 aromatic rings. The van der Waals surface area contributed by atoms with Gasteiger partial charge >= 0.3 is 0 Å². The van der Waals surface area contributed by atoms with Gasteiger partial charge in [-0.1, -0.05) is 0 Å². The molecule has 1 heterocycles. The number of carbonyl (C=O) groups is 1. The lowest BCUT2D eigenvalue weighted by Gasteiger charge is -2.12. The third kappa shape index (κ3) is 2.76. The molecule has 18 heavy (non-hydrogen) atoms. The molecule has 0 aliphatic carbocycles. The van der Waals surface area contributed by atoms with E-state index in [9.17, 15) is 9.18 Å². The van der Waals surface area contributed by atoms with Crippen LogP contribution in [-0.4, -0.2) is 15.7 Å². The molecular formula is C12H11BrFN3O. The van der Waals surface area contributed by atoms with Gasteiger partial charge in [-0.25, -0.2) is 4.39 Å². The van der Waals surface area contributed by atoms with Crippen LogP contribution >= 0.6 is 15.9 Å². The number of nitrogens with one attached hydrogen (secondary N) is 1. The molecule has 1 atom stereocenters. The number of benzene rings is 1. The first kappa shape index (κ1) is 12.8. The Labute approximate surface area is 112 Å². The Morgan fingerprint density at radius 2 is 2.33 bits per heavy atom. The molecule has 0 saturated heterocycles. The number of aromatic nitrogens is 2. The first-order valence-electron chi connectivity index (χ1n) is 5.33. The highest BCUT2D eigenvalue weighted by molar-refractivity contribution is 9.10. The van der Waals surface area contributed by atoms with Crippen LogP contribution in [-0.2, 0) is 4.79 Å². The lowest BCUT2D eigenvalue weighted by molar-refractivity contribution is -0.119. The average molecular weight is 312 g/mol. The molecule has 0 radical (unpaired) electrons. The van der Waals surface area contributed by atoms with Gasteiger partial charge in [0.15, 0.2) is 0 Å². The molecule has 94 valence electrons. The molecule has 1 amide bonds. The van der Waals surface area contributed by atoms with Gasteiger partial charge in [-0.3, -0.25) is 9.48 Å². The van der Waals surface area contributed by atoms with Gasteiger partial charge in [-0.05, 0) is 47.1 Å². The first-order valence-corrected chi connectivity index (χ1v) is 6.12. The third-order valence-corrected chi connectivity index (χ3v) is 3.13. The topological polar surface area (TPSA) is 46.9 Å². The summed E-state index contributed by atoms with van der Waals surface area (Å²) in [5, 5.41) is 6.62. The normalized spacial score (nSPS) is 12.2. The Morgan fingerprint density at radius 1 is 1.56 bits per heavy atom. The van der Waals surface area contributed by atoms with Crippen molar-refractivity contribution in [1.82, 2.24) is 9.78 Å². The molecule has 0 aliphatic heterocycles. The Kier molecular flexibility index (Phi) is 3.76. The summed E-state index contributed by atoms with van der Waals surface area (Å²) in [5.41, 5.74) is 0.416. The molecule has 1 N–H and O–H groups in total. The van der Waals surface area contributed by atoms with Crippen molar-refractivity contribution in [3.63, 3.8) is 0 Å². The van der Waals surface area contributed by atoms with Crippen LogP contribution < -0.4 is 5.32 Å². The van der Waals surface area contributed by atoms with Crippen LogP contribution in [0.4, 0.5) is 10.1 Å². The first-order chi connectivity index (χ1) is 8.58. The van der Waals surface area contributed by atoms with E-state index >= 15 is 0 Å². The molecule has 0 spiro atoms. The van der Waals surface area contributed by atoms with Crippen molar-refractivity contribution in [1.29, 1.82) is 0 Å². The van der Waals surface area contributed by atoms with Gasteiger partial charge in [0.1, 0.15) is 11.9 Å². The van der Waals surface area contributed by atoms with Gasteiger partial charge in [0.05, 0.1) is 4.47 Å². The molecule has 0 fully saturated rings. The molecular weight excluding hydrogens is 301 g/mol. The molecule has 6 heteroatoms. The van der Waals surface area contributed by atoms with Crippen LogP contribution in [0.25, 0.3) is 0 Å². The van der Waals surface area contributed by atoms with E-state index in [-0.39, 0.29) is 5.91 Å². The zero-order chi connectivity index (χ0) is 13.1. The summed E-state index contributed by atoms with van der Waals surface area (Å²) >= 11 is 3.05. The summed E-state index contributed by atoms with van der Waals surface area (Å²) in [5.74, 6) is -0.667. The Hall–Kier alpha value is -1.69. The molecule has 1 aromatic carbocycles. The van der Waals surface area contributed by atoms with Crippen molar-refractivity contribution in [3.8, 4) is 0 Å². The minimum absolute atomic E-state index is 0.250. The fraction of sp³-hybridized carbons (Fsp3) is 0.167. The van der Waals surface area contributed by atoms with Crippen LogP contribution in [0.15, 0.2) is 41.1 Å². The van der Waals surface area contributed by atoms with Gasteiger partial charge in [0.25, 0.3) is 0 Å². The summed E-state index contributed by atoms with van der Waals surface area (Å²) in [6.45, 7) is 1.72. The van der Waals surface area contributed by atoms with Gasteiger partial charge in [0, 0.05) is 18.1 Å². The van der Waals surface area contributed by atoms with Crippen molar-refractivity contribution in [2.24, 2.45) is 0 Å². The van der Waals surface area contributed by atoms with E-state index in [1.807, 2.05) is 0 Å². The number of rotatable bonds is 3. The zero-order valence-corrected chi connectivity index (χ0v) is 11.2. The number of nitrogens with zero attached hydrogens (tertiary/aromatic N) is 2. The second-order valence-corrected chi connectivity index (χ2v) is 4.63. The predicted molar refractivity (Wildman–Crippen MR) is 69.7 cm³/mol. The zero-order valence-electron chi connectivity index (χ0n) is 9.60. The molecule has 0 bridgehead atoms. The fourth-order valence-corrected chi connectivity index (χ4v) is 1.70. The van der Waals surface area contributed by atoms with E-state index < -0.39 is 11.9 Å². The number of hydrogen-bond acceptors (Lipinski definition) is 2. The summed E-state index contributed by atoms with van der Waals surface area (Å²) in [6, 6.07) is 5.72. The maximum Gasteiger partial charge on any atom is 0.248 e. The highest BCUT2D eigenvalue weighted by Gasteiger charge is 2.15. The lowest BCUT2D eigenvalue weighted by Crippen LogP contribution is -2.24. The summed E-state index contributed by atoms with van der Waals surface area (Å²) in [7, 11) is 0. The number of halogens is 2. The molecule has 1 aromatic heterocycles. The smallest absolute Gasteiger partial charge is 0.248 e. The van der Waals surface area contributed by atoms with E-state index in [4.69, 9.17) is 0 Å². The Morgan fingerprint density at radius 3 is 2.94 bits per heavy atom. The number of carbonyl (C=O) groups excluding carboxylic acids is 1. The molecule has 2 rings (SSSR count). The van der Waals surface area contributed by atoms with E-state index in [2.05, 4.69) is 26.3 Å². The highest BCUT2D eigenvalue weighted by atomic mass is 79.9. The summed E-state index contributed by atoms with van der Waals surface area (Å²) < 4.78 is 15.2. The van der Waals surface area contributed by atoms with E-state index in [1.165, 1.54) is 10.7 Å². The van der Waals surface area contributed by atoms with Crippen molar-refractivity contribution in [2.75, 3.05) is 5.32 Å². The molecule has 4 nitrogen and oxygen atoms in total. The summed E-state index contributed by atoms with van der Waals surface area (Å²) in [6.07, 6.45) is 3.30. The van der Waals surface area contributed by atoms with Crippen molar-refractivity contribution in [3.05, 3.63) is 46.9 Å². The minimum atomic E-state index is -0.452. The maximum atomic E-state index is 13.3. The van der Waals surface area contributed by atoms with Gasteiger partial charge in [-0.15, -0.1) is 0 Å². The van der Waals surface area contributed by atoms with Gasteiger partial charge < -0.3 is 5.32 Å². The van der Waals surface area contributed by atoms with Crippen molar-refractivity contribution >= 4 is 27.5 Å². The average Bonchev–Trinajstić information content (AvgIpc) is 2.86. The summed E-state index contributed by atoms with van der Waals surface area (Å²) in [4.78, 5) is 11.9. The van der Waals surface area contributed by atoms with Crippen molar-refractivity contribution in [2.45, 2.75) is 13.0 Å². The maximum absolute atomic E-state index is 13.3. The van der Waals surface area contributed by atoms with Crippen LogP contribution in [0.1, 0.15) is 13.0 Å². The van der Waals surface area contributed by atoms with Crippen LogP contribution in [0, 0.1) is 5.82 Å². The Balaban J connectivity index is 2.09. The van der Waals surface area contributed by atoms with Gasteiger partial charge in [-0.2, -0.15) is 5.10 Å². The van der Waals surface area contributed by atoms with E-state index in [0.717, 1.165) is 0 Å². The number of hydrogen-bond donors (Lipinski definition) is 1. The van der Waals surface area contributed by atoms with E-state index in [0.29, 0.717) is 10.2 Å². The van der Waals surface area contributed by atoms with Gasteiger partial charge in [0.2, 0.25) is 5.91 Å². The largest absolute Gasteiger partial charge is 0.324 e.